The Hall–Kier alpha value is -2.48. The third-order valence-corrected chi connectivity index (χ3v) is 5.94. The molecule has 4 rings (SSSR count). The molecule has 2 aromatic rings. The molecule has 1 N–H and O–H groups in total. The molecule has 2 aliphatic rings. The fourth-order valence-electron chi connectivity index (χ4n) is 4.27. The number of hydrogen-bond donors (Lipinski definition) is 1. The highest BCUT2D eigenvalue weighted by Gasteiger charge is 2.29. The van der Waals surface area contributed by atoms with Crippen LogP contribution in [0.4, 0.5) is 0 Å². The van der Waals surface area contributed by atoms with Crippen LogP contribution < -0.4 is 5.56 Å². The van der Waals surface area contributed by atoms with Gasteiger partial charge in [0.2, 0.25) is 0 Å². The van der Waals surface area contributed by atoms with Crippen molar-refractivity contribution < 1.29 is 4.79 Å². The molecule has 150 valence electrons. The second kappa shape index (κ2) is 7.87. The van der Waals surface area contributed by atoms with Gasteiger partial charge in [0.05, 0.1) is 5.69 Å². The zero-order valence-corrected chi connectivity index (χ0v) is 16.6. The van der Waals surface area contributed by atoms with Gasteiger partial charge in [-0.2, -0.15) is 5.10 Å². The lowest BCUT2D eigenvalue weighted by atomic mass is 9.93. The van der Waals surface area contributed by atoms with Crippen molar-refractivity contribution in [1.29, 1.82) is 0 Å². The van der Waals surface area contributed by atoms with Gasteiger partial charge in [-0.15, -0.1) is 0 Å². The highest BCUT2D eigenvalue weighted by Crippen LogP contribution is 2.28. The van der Waals surface area contributed by atoms with Crippen LogP contribution in [0.2, 0.25) is 0 Å². The fraction of sp³-hybridized carbons (Fsp3) is 0.600. The number of hydrogen-bond acceptors (Lipinski definition) is 5. The molecule has 0 bridgehead atoms. The van der Waals surface area contributed by atoms with E-state index in [1.807, 2.05) is 4.90 Å². The van der Waals surface area contributed by atoms with E-state index in [0.29, 0.717) is 18.2 Å². The van der Waals surface area contributed by atoms with E-state index >= 15 is 0 Å². The number of amides is 1. The van der Waals surface area contributed by atoms with E-state index < -0.39 is 0 Å². The minimum absolute atomic E-state index is 0.0503. The molecule has 0 spiro atoms. The van der Waals surface area contributed by atoms with Crippen molar-refractivity contribution in [3.8, 4) is 0 Å². The van der Waals surface area contributed by atoms with E-state index in [4.69, 9.17) is 4.98 Å². The molecule has 2 saturated heterocycles. The average Bonchev–Trinajstić information content (AvgIpc) is 3.14. The van der Waals surface area contributed by atoms with E-state index in [2.05, 4.69) is 22.0 Å². The molecule has 2 aliphatic heterocycles. The van der Waals surface area contributed by atoms with Crippen LogP contribution in [0, 0.1) is 0 Å². The average molecular weight is 384 g/mol. The zero-order chi connectivity index (χ0) is 19.7. The summed E-state index contributed by atoms with van der Waals surface area (Å²) in [6, 6.07) is 3.35. The number of nitrogens with zero attached hydrogens (tertiary/aromatic N) is 5. The SMILES string of the molecule is CN1CCC(c2nc([C@H]3CCCN(C(=O)c4ccn(C)n4)C3)cc(=O)[nH]2)CC1. The Bertz CT molecular complexity index is 896. The Morgan fingerprint density at radius 1 is 1.14 bits per heavy atom. The number of nitrogens with one attached hydrogen (secondary N) is 1. The molecule has 0 saturated carbocycles. The molecule has 2 aromatic heterocycles. The molecule has 4 heterocycles. The Morgan fingerprint density at radius 3 is 2.64 bits per heavy atom. The molecular formula is C20H28N6O2. The Morgan fingerprint density at radius 2 is 1.93 bits per heavy atom. The fourth-order valence-corrected chi connectivity index (χ4v) is 4.27. The highest BCUT2D eigenvalue weighted by atomic mass is 16.2. The lowest BCUT2D eigenvalue weighted by molar-refractivity contribution is 0.0699. The normalized spacial score (nSPS) is 21.8. The predicted molar refractivity (Wildman–Crippen MR) is 105 cm³/mol. The Balaban J connectivity index is 1.52. The maximum absolute atomic E-state index is 12.8. The van der Waals surface area contributed by atoms with Gasteiger partial charge in [-0.25, -0.2) is 4.98 Å². The lowest BCUT2D eigenvalue weighted by Crippen LogP contribution is -2.40. The van der Waals surface area contributed by atoms with Crippen LogP contribution in [0.15, 0.2) is 23.1 Å². The first kappa shape index (κ1) is 18.9. The molecule has 0 aromatic carbocycles. The summed E-state index contributed by atoms with van der Waals surface area (Å²) in [7, 11) is 3.93. The van der Waals surface area contributed by atoms with E-state index in [0.717, 1.165) is 56.8 Å². The molecular weight excluding hydrogens is 356 g/mol. The number of rotatable bonds is 3. The third kappa shape index (κ3) is 4.01. The summed E-state index contributed by atoms with van der Waals surface area (Å²) in [5.74, 6) is 1.15. The summed E-state index contributed by atoms with van der Waals surface area (Å²) < 4.78 is 1.64. The summed E-state index contributed by atoms with van der Waals surface area (Å²) in [6.07, 6.45) is 5.65. The van der Waals surface area contributed by atoms with Crippen molar-refractivity contribution in [2.24, 2.45) is 7.05 Å². The van der Waals surface area contributed by atoms with Gasteiger partial charge in [0.15, 0.2) is 0 Å². The summed E-state index contributed by atoms with van der Waals surface area (Å²) in [6.45, 7) is 3.35. The first-order chi connectivity index (χ1) is 13.5. The number of aryl methyl sites for hydroxylation is 1. The van der Waals surface area contributed by atoms with Gasteiger partial charge in [-0.05, 0) is 51.9 Å². The summed E-state index contributed by atoms with van der Waals surface area (Å²) in [5, 5.41) is 4.23. The first-order valence-corrected chi connectivity index (χ1v) is 10.1. The van der Waals surface area contributed by atoms with Crippen LogP contribution in [0.1, 0.15) is 59.5 Å². The van der Waals surface area contributed by atoms with Gasteiger partial charge in [0.1, 0.15) is 11.5 Å². The van der Waals surface area contributed by atoms with Crippen LogP contribution in [0.5, 0.6) is 0 Å². The van der Waals surface area contributed by atoms with Crippen molar-refractivity contribution in [2.75, 3.05) is 33.2 Å². The standard InChI is InChI=1S/C20H28N6O2/c1-24-9-5-14(6-10-24)19-21-17(12-18(27)22-19)15-4-3-8-26(13-15)20(28)16-7-11-25(2)23-16/h7,11-12,14-15H,3-6,8-10,13H2,1-2H3,(H,21,22,27)/t15-/m0/s1. The van der Waals surface area contributed by atoms with E-state index in [1.165, 1.54) is 0 Å². The van der Waals surface area contributed by atoms with Gasteiger partial charge >= 0.3 is 0 Å². The summed E-state index contributed by atoms with van der Waals surface area (Å²) >= 11 is 0. The van der Waals surface area contributed by atoms with Gasteiger partial charge < -0.3 is 14.8 Å². The Kier molecular flexibility index (Phi) is 5.30. The van der Waals surface area contributed by atoms with Crippen LogP contribution in [0.25, 0.3) is 0 Å². The van der Waals surface area contributed by atoms with Crippen LogP contribution in [-0.2, 0) is 7.05 Å². The van der Waals surface area contributed by atoms with Crippen molar-refractivity contribution in [1.82, 2.24) is 29.5 Å². The topological polar surface area (TPSA) is 87.1 Å². The summed E-state index contributed by atoms with van der Waals surface area (Å²) in [5.41, 5.74) is 1.19. The zero-order valence-electron chi connectivity index (χ0n) is 16.6. The number of H-pyrrole nitrogens is 1. The van der Waals surface area contributed by atoms with Gasteiger partial charge in [0, 0.05) is 44.2 Å². The maximum atomic E-state index is 12.8. The third-order valence-electron chi connectivity index (χ3n) is 5.94. The van der Waals surface area contributed by atoms with Crippen molar-refractivity contribution in [3.05, 3.63) is 45.9 Å². The molecule has 28 heavy (non-hydrogen) atoms. The van der Waals surface area contributed by atoms with Crippen LogP contribution in [0.3, 0.4) is 0 Å². The second-order valence-electron chi connectivity index (χ2n) is 8.10. The minimum atomic E-state index is -0.0906. The van der Waals surface area contributed by atoms with Gasteiger partial charge in [-0.3, -0.25) is 14.3 Å². The quantitative estimate of drug-likeness (QED) is 0.863. The number of likely N-dealkylation sites (tertiary alicyclic amines) is 2. The molecule has 0 unspecified atom stereocenters. The molecule has 2 fully saturated rings. The molecule has 1 atom stereocenters. The lowest BCUT2D eigenvalue weighted by Gasteiger charge is -2.32. The summed E-state index contributed by atoms with van der Waals surface area (Å²) in [4.78, 5) is 37.0. The minimum Gasteiger partial charge on any atom is -0.337 e. The molecule has 0 radical (unpaired) electrons. The molecule has 0 aliphatic carbocycles. The van der Waals surface area contributed by atoms with E-state index in [-0.39, 0.29) is 17.4 Å². The number of carbonyl (C=O) groups is 1. The van der Waals surface area contributed by atoms with Crippen molar-refractivity contribution >= 4 is 5.91 Å². The van der Waals surface area contributed by atoms with Crippen LogP contribution >= 0.6 is 0 Å². The maximum Gasteiger partial charge on any atom is 0.274 e. The smallest absolute Gasteiger partial charge is 0.274 e. The van der Waals surface area contributed by atoms with Crippen molar-refractivity contribution in [3.63, 3.8) is 0 Å². The number of piperidine rings is 2. The number of carbonyl (C=O) groups excluding carboxylic acids is 1. The highest BCUT2D eigenvalue weighted by molar-refractivity contribution is 5.92. The van der Waals surface area contributed by atoms with Crippen LogP contribution in [-0.4, -0.2) is 68.7 Å². The second-order valence-corrected chi connectivity index (χ2v) is 8.10. The molecule has 1 amide bonds. The number of aromatic amines is 1. The number of aromatic nitrogens is 4. The van der Waals surface area contributed by atoms with E-state index in [9.17, 15) is 9.59 Å². The predicted octanol–water partition coefficient (Wildman–Crippen LogP) is 1.33. The Labute approximate surface area is 164 Å². The monoisotopic (exact) mass is 384 g/mol. The molecule has 8 heteroatoms. The van der Waals surface area contributed by atoms with Crippen molar-refractivity contribution in [2.45, 2.75) is 37.5 Å². The van der Waals surface area contributed by atoms with E-state index in [1.54, 1.807) is 30.1 Å². The van der Waals surface area contributed by atoms with Gasteiger partial charge in [0.25, 0.3) is 11.5 Å². The first-order valence-electron chi connectivity index (χ1n) is 10.1. The molecule has 8 nitrogen and oxygen atoms in total. The van der Waals surface area contributed by atoms with Gasteiger partial charge in [-0.1, -0.05) is 0 Å². The largest absolute Gasteiger partial charge is 0.337 e.